The van der Waals surface area contributed by atoms with Gasteiger partial charge in [-0.05, 0) is 80.5 Å². The minimum Gasteiger partial charge on any atom is -0.485 e. The van der Waals surface area contributed by atoms with Gasteiger partial charge in [0.2, 0.25) is 0 Å². The summed E-state index contributed by atoms with van der Waals surface area (Å²) in [6.07, 6.45) is 2.63. The molecule has 43 heavy (non-hydrogen) atoms. The lowest BCUT2D eigenvalue weighted by molar-refractivity contribution is -0.153. The molecule has 2 aliphatic heterocycles. The first kappa shape index (κ1) is 30.7. The molecular formula is C31H33F5N4O3. The summed E-state index contributed by atoms with van der Waals surface area (Å²) in [5, 5.41) is 9.28. The Morgan fingerprint density at radius 3 is 2.53 bits per heavy atom. The average Bonchev–Trinajstić information content (AvgIpc) is 2.97. The van der Waals surface area contributed by atoms with Crippen molar-refractivity contribution in [3.05, 3.63) is 71.7 Å². The van der Waals surface area contributed by atoms with Crippen LogP contribution in [0.25, 0.3) is 11.1 Å². The Morgan fingerprint density at radius 2 is 1.84 bits per heavy atom. The van der Waals surface area contributed by atoms with Crippen LogP contribution in [0.3, 0.4) is 0 Å². The first-order valence-electron chi connectivity index (χ1n) is 14.3. The Kier molecular flexibility index (Phi) is 9.14. The van der Waals surface area contributed by atoms with Gasteiger partial charge in [-0.25, -0.2) is 13.8 Å². The number of piperidine rings is 2. The number of alkyl halides is 3. The van der Waals surface area contributed by atoms with Crippen LogP contribution in [0.15, 0.2) is 48.9 Å². The number of likely N-dealkylation sites (tertiary alicyclic amines) is 1. The molecule has 0 aliphatic carbocycles. The molecule has 230 valence electrons. The summed E-state index contributed by atoms with van der Waals surface area (Å²) in [4.78, 5) is 23.4. The van der Waals surface area contributed by atoms with E-state index in [2.05, 4.69) is 9.97 Å². The monoisotopic (exact) mass is 604 g/mol. The maximum atomic E-state index is 15.1. The Labute approximate surface area is 246 Å². The Balaban J connectivity index is 1.30. The molecule has 4 heterocycles. The van der Waals surface area contributed by atoms with Gasteiger partial charge in [-0.2, -0.15) is 13.2 Å². The Hall–Kier alpha value is -3.80. The second-order valence-corrected chi connectivity index (χ2v) is 11.3. The molecule has 0 spiro atoms. The molecule has 2 saturated heterocycles. The molecule has 0 amide bonds. The SMILES string of the molecule is CC1CC(c2cncc(COc3c(F)cc(F)cc3-c3ccnc(N4CCC(C(=O)O)CC4)c3)c2)CCN1CC(F)(F)F. The van der Waals surface area contributed by atoms with Crippen LogP contribution in [0.4, 0.5) is 27.8 Å². The van der Waals surface area contributed by atoms with Crippen molar-refractivity contribution in [2.75, 3.05) is 31.1 Å². The van der Waals surface area contributed by atoms with Gasteiger partial charge in [-0.1, -0.05) is 0 Å². The van der Waals surface area contributed by atoms with Crippen LogP contribution in [0, 0.1) is 17.6 Å². The maximum Gasteiger partial charge on any atom is 0.401 e. The third kappa shape index (κ3) is 7.59. The number of anilines is 1. The van der Waals surface area contributed by atoms with Crippen molar-refractivity contribution in [2.45, 2.75) is 57.3 Å². The summed E-state index contributed by atoms with van der Waals surface area (Å²) < 4.78 is 74.1. The number of carbonyl (C=O) groups is 1. The molecule has 2 aromatic heterocycles. The fourth-order valence-corrected chi connectivity index (χ4v) is 5.99. The van der Waals surface area contributed by atoms with E-state index >= 15 is 4.39 Å². The van der Waals surface area contributed by atoms with Gasteiger partial charge >= 0.3 is 12.1 Å². The van der Waals surface area contributed by atoms with Crippen LogP contribution in [-0.2, 0) is 11.4 Å². The van der Waals surface area contributed by atoms with Crippen LogP contribution in [0.5, 0.6) is 5.75 Å². The minimum absolute atomic E-state index is 0.0286. The van der Waals surface area contributed by atoms with Crippen molar-refractivity contribution < 1.29 is 36.6 Å². The predicted molar refractivity (Wildman–Crippen MR) is 150 cm³/mol. The van der Waals surface area contributed by atoms with Gasteiger partial charge in [0.25, 0.3) is 0 Å². The fraction of sp³-hybridized carbons (Fsp3) is 0.452. The quantitative estimate of drug-likeness (QED) is 0.297. The number of carboxylic acid groups (broad SMARTS) is 1. The zero-order valence-corrected chi connectivity index (χ0v) is 23.7. The smallest absolute Gasteiger partial charge is 0.401 e. The molecule has 2 aliphatic rings. The van der Waals surface area contributed by atoms with E-state index in [-0.39, 0.29) is 29.9 Å². The average molecular weight is 605 g/mol. The molecule has 3 aromatic rings. The summed E-state index contributed by atoms with van der Waals surface area (Å²) in [7, 11) is 0. The fourth-order valence-electron chi connectivity index (χ4n) is 5.99. The highest BCUT2D eigenvalue weighted by molar-refractivity contribution is 5.73. The van der Waals surface area contributed by atoms with E-state index in [4.69, 9.17) is 4.74 Å². The van der Waals surface area contributed by atoms with E-state index in [0.717, 1.165) is 11.6 Å². The zero-order valence-electron chi connectivity index (χ0n) is 23.7. The third-order valence-electron chi connectivity index (χ3n) is 8.30. The van der Waals surface area contributed by atoms with Gasteiger partial charge in [0, 0.05) is 54.9 Å². The van der Waals surface area contributed by atoms with Gasteiger partial charge in [0.1, 0.15) is 18.2 Å². The maximum absolute atomic E-state index is 15.1. The number of aliphatic carboxylic acids is 1. The lowest BCUT2D eigenvalue weighted by atomic mass is 9.86. The molecule has 0 bridgehead atoms. The molecule has 1 N–H and O–H groups in total. The molecule has 7 nitrogen and oxygen atoms in total. The van der Waals surface area contributed by atoms with Crippen molar-refractivity contribution in [3.63, 3.8) is 0 Å². The van der Waals surface area contributed by atoms with Crippen molar-refractivity contribution in [2.24, 2.45) is 5.92 Å². The number of aromatic nitrogens is 2. The molecule has 2 atom stereocenters. The van der Waals surface area contributed by atoms with Gasteiger partial charge in [-0.15, -0.1) is 0 Å². The van der Waals surface area contributed by atoms with Crippen molar-refractivity contribution in [1.29, 1.82) is 0 Å². The third-order valence-corrected chi connectivity index (χ3v) is 8.30. The number of hydrogen-bond donors (Lipinski definition) is 1. The number of nitrogens with zero attached hydrogens (tertiary/aromatic N) is 4. The van der Waals surface area contributed by atoms with Gasteiger partial charge in [0.15, 0.2) is 11.6 Å². The minimum atomic E-state index is -4.24. The number of benzene rings is 1. The molecule has 1 aromatic carbocycles. The lowest BCUT2D eigenvalue weighted by Crippen LogP contribution is -2.45. The molecule has 0 saturated carbocycles. The van der Waals surface area contributed by atoms with Gasteiger partial charge in [-0.3, -0.25) is 14.7 Å². The van der Waals surface area contributed by atoms with Crippen LogP contribution in [0.1, 0.15) is 49.7 Å². The van der Waals surface area contributed by atoms with E-state index in [1.807, 2.05) is 11.0 Å². The van der Waals surface area contributed by atoms with E-state index in [9.17, 15) is 27.5 Å². The Morgan fingerprint density at radius 1 is 1.07 bits per heavy atom. The standard InChI is InChI=1S/C31H33F5N4O3/c1-19-10-22(5-9-40(19)18-31(34,35)36)24-11-20(15-37-16-24)17-43-29-26(13-25(32)14-27(29)33)23-2-6-38-28(12-23)39-7-3-21(4-8-39)30(41)42/h2,6,11-16,19,21-22H,3-5,7-10,17-18H2,1H3,(H,41,42). The highest BCUT2D eigenvalue weighted by Crippen LogP contribution is 2.37. The van der Waals surface area contributed by atoms with Crippen LogP contribution < -0.4 is 9.64 Å². The number of ether oxygens (including phenoxy) is 1. The Bertz CT molecular complexity index is 1450. The topological polar surface area (TPSA) is 78.8 Å². The molecule has 2 fully saturated rings. The van der Waals surface area contributed by atoms with E-state index in [1.165, 1.54) is 17.2 Å². The van der Waals surface area contributed by atoms with Gasteiger partial charge in [0.05, 0.1) is 12.5 Å². The lowest BCUT2D eigenvalue weighted by Gasteiger charge is -2.38. The highest BCUT2D eigenvalue weighted by atomic mass is 19.4. The van der Waals surface area contributed by atoms with Crippen LogP contribution in [0.2, 0.25) is 0 Å². The van der Waals surface area contributed by atoms with Crippen LogP contribution in [-0.4, -0.2) is 64.3 Å². The second-order valence-electron chi connectivity index (χ2n) is 11.3. The molecule has 12 heteroatoms. The zero-order chi connectivity index (χ0) is 30.7. The number of halogens is 5. The molecular weight excluding hydrogens is 571 g/mol. The summed E-state index contributed by atoms with van der Waals surface area (Å²) in [6, 6.07) is 6.90. The first-order valence-corrected chi connectivity index (χ1v) is 14.3. The number of rotatable bonds is 8. The van der Waals surface area contributed by atoms with E-state index < -0.39 is 36.2 Å². The summed E-state index contributed by atoms with van der Waals surface area (Å²) in [5.41, 5.74) is 2.22. The summed E-state index contributed by atoms with van der Waals surface area (Å²) in [5.74, 6) is -2.40. The second kappa shape index (κ2) is 12.8. The van der Waals surface area contributed by atoms with E-state index in [1.54, 1.807) is 31.5 Å². The summed E-state index contributed by atoms with van der Waals surface area (Å²) >= 11 is 0. The van der Waals surface area contributed by atoms with Crippen molar-refractivity contribution >= 4 is 11.8 Å². The molecule has 0 radical (unpaired) electrons. The normalized spacial score (nSPS) is 20.3. The largest absolute Gasteiger partial charge is 0.485 e. The highest BCUT2D eigenvalue weighted by Gasteiger charge is 2.36. The first-order chi connectivity index (χ1) is 20.5. The number of hydrogen-bond acceptors (Lipinski definition) is 6. The van der Waals surface area contributed by atoms with E-state index in [0.29, 0.717) is 62.3 Å². The predicted octanol–water partition coefficient (Wildman–Crippen LogP) is 6.43. The molecule has 2 unspecified atom stereocenters. The summed E-state index contributed by atoms with van der Waals surface area (Å²) in [6.45, 7) is 2.12. The van der Waals surface area contributed by atoms with Crippen molar-refractivity contribution in [1.82, 2.24) is 14.9 Å². The molecule has 5 rings (SSSR count). The van der Waals surface area contributed by atoms with Crippen LogP contribution >= 0.6 is 0 Å². The number of pyridine rings is 2. The van der Waals surface area contributed by atoms with Crippen molar-refractivity contribution in [3.8, 4) is 16.9 Å². The van der Waals surface area contributed by atoms with Gasteiger partial charge < -0.3 is 14.7 Å². The number of carboxylic acids is 1.